The van der Waals surface area contributed by atoms with Gasteiger partial charge in [-0.3, -0.25) is 9.59 Å². The number of fused-ring (bicyclic) bond motifs is 2. The third-order valence-electron chi connectivity index (χ3n) is 5.40. The quantitative estimate of drug-likeness (QED) is 0.593. The Morgan fingerprint density at radius 1 is 1.14 bits per heavy atom. The number of likely N-dealkylation sites (tertiary alicyclic amines) is 1. The Bertz CT molecular complexity index is 449. The van der Waals surface area contributed by atoms with Gasteiger partial charge in [0.05, 0.1) is 5.92 Å². The molecule has 0 aromatic rings. The molecule has 1 saturated heterocycles. The van der Waals surface area contributed by atoms with E-state index in [4.69, 9.17) is 4.74 Å². The molecular formula is C17H25NO3. The summed E-state index contributed by atoms with van der Waals surface area (Å²) in [6.07, 6.45) is 9.57. The van der Waals surface area contributed by atoms with Gasteiger partial charge in [-0.25, -0.2) is 0 Å². The van der Waals surface area contributed by atoms with Crippen molar-refractivity contribution < 1.29 is 14.3 Å². The molecule has 1 saturated carbocycles. The van der Waals surface area contributed by atoms with E-state index in [0.29, 0.717) is 11.8 Å². The molecule has 0 unspecified atom stereocenters. The van der Waals surface area contributed by atoms with Crippen LogP contribution in [0, 0.1) is 17.8 Å². The minimum atomic E-state index is -0.183. The predicted octanol–water partition coefficient (Wildman–Crippen LogP) is 2.53. The van der Waals surface area contributed by atoms with E-state index in [1.54, 1.807) is 0 Å². The molecule has 5 atom stereocenters. The fraction of sp³-hybridized carbons (Fsp3) is 0.765. The van der Waals surface area contributed by atoms with Crippen LogP contribution in [0.3, 0.4) is 0 Å². The van der Waals surface area contributed by atoms with E-state index in [0.717, 1.165) is 25.7 Å². The molecule has 1 amide bonds. The Balaban J connectivity index is 1.51. The van der Waals surface area contributed by atoms with E-state index in [9.17, 15) is 9.59 Å². The van der Waals surface area contributed by atoms with Crippen LogP contribution in [0.5, 0.6) is 0 Å². The largest absolute Gasteiger partial charge is 0.455 e. The van der Waals surface area contributed by atoms with Crippen LogP contribution in [-0.2, 0) is 14.3 Å². The smallest absolute Gasteiger partial charge is 0.310 e. The van der Waals surface area contributed by atoms with Crippen LogP contribution in [0.1, 0.15) is 46.0 Å². The van der Waals surface area contributed by atoms with Gasteiger partial charge in [-0.1, -0.05) is 12.2 Å². The monoisotopic (exact) mass is 291 g/mol. The summed E-state index contributed by atoms with van der Waals surface area (Å²) in [7, 11) is 0. The van der Waals surface area contributed by atoms with Gasteiger partial charge in [0.15, 0.2) is 6.61 Å². The van der Waals surface area contributed by atoms with Crippen molar-refractivity contribution in [2.75, 3.05) is 6.61 Å². The lowest BCUT2D eigenvalue weighted by Crippen LogP contribution is -2.49. The van der Waals surface area contributed by atoms with Crippen molar-refractivity contribution in [2.24, 2.45) is 17.8 Å². The average Bonchev–Trinajstić information content (AvgIpc) is 3.07. The van der Waals surface area contributed by atoms with Gasteiger partial charge >= 0.3 is 5.97 Å². The molecule has 0 N–H and O–H groups in total. The molecule has 2 bridgehead atoms. The second-order valence-electron chi connectivity index (χ2n) is 6.92. The Hall–Kier alpha value is -1.32. The highest BCUT2D eigenvalue weighted by Gasteiger charge is 2.41. The highest BCUT2D eigenvalue weighted by Crippen LogP contribution is 2.43. The molecule has 4 nitrogen and oxygen atoms in total. The van der Waals surface area contributed by atoms with Gasteiger partial charge in [0.1, 0.15) is 0 Å². The first-order chi connectivity index (χ1) is 10.1. The molecule has 0 aromatic carbocycles. The second-order valence-corrected chi connectivity index (χ2v) is 6.92. The van der Waals surface area contributed by atoms with Crippen molar-refractivity contribution in [3.8, 4) is 0 Å². The molecule has 0 aromatic heterocycles. The number of ether oxygens (including phenoxy) is 1. The zero-order valence-corrected chi connectivity index (χ0v) is 13.0. The lowest BCUT2D eigenvalue weighted by atomic mass is 9.94. The van der Waals surface area contributed by atoms with Crippen molar-refractivity contribution in [3.05, 3.63) is 12.2 Å². The second kappa shape index (κ2) is 5.82. The van der Waals surface area contributed by atoms with Crippen molar-refractivity contribution in [1.82, 2.24) is 4.90 Å². The summed E-state index contributed by atoms with van der Waals surface area (Å²) >= 11 is 0. The highest BCUT2D eigenvalue weighted by molar-refractivity contribution is 5.82. The summed E-state index contributed by atoms with van der Waals surface area (Å²) in [5.41, 5.74) is 0. The van der Waals surface area contributed by atoms with Gasteiger partial charge in [0, 0.05) is 12.1 Å². The summed E-state index contributed by atoms with van der Waals surface area (Å²) in [6.45, 7) is 4.07. The average molecular weight is 291 g/mol. The lowest BCUT2D eigenvalue weighted by molar-refractivity contribution is -0.158. The molecule has 2 fully saturated rings. The van der Waals surface area contributed by atoms with Gasteiger partial charge in [-0.05, 0) is 57.8 Å². The molecule has 0 spiro atoms. The first-order valence-corrected chi connectivity index (χ1v) is 8.22. The van der Waals surface area contributed by atoms with E-state index in [1.807, 2.05) is 4.90 Å². The van der Waals surface area contributed by atoms with Gasteiger partial charge in [0.2, 0.25) is 0 Å². The minimum Gasteiger partial charge on any atom is -0.455 e. The zero-order chi connectivity index (χ0) is 15.0. The van der Waals surface area contributed by atoms with E-state index in [2.05, 4.69) is 26.0 Å². The summed E-state index contributed by atoms with van der Waals surface area (Å²) in [5, 5.41) is 0. The molecule has 2 aliphatic carbocycles. The Morgan fingerprint density at radius 3 is 2.43 bits per heavy atom. The molecule has 4 heteroatoms. The van der Waals surface area contributed by atoms with Gasteiger partial charge in [-0.2, -0.15) is 0 Å². The molecular weight excluding hydrogens is 266 g/mol. The van der Waals surface area contributed by atoms with E-state index < -0.39 is 0 Å². The van der Waals surface area contributed by atoms with Crippen LogP contribution in [0.15, 0.2) is 12.2 Å². The minimum absolute atomic E-state index is 0.0241. The van der Waals surface area contributed by atoms with Gasteiger partial charge < -0.3 is 9.64 Å². The maximum Gasteiger partial charge on any atom is 0.310 e. The van der Waals surface area contributed by atoms with E-state index in [1.165, 1.54) is 6.42 Å². The van der Waals surface area contributed by atoms with Crippen LogP contribution >= 0.6 is 0 Å². The fourth-order valence-electron chi connectivity index (χ4n) is 4.28. The zero-order valence-electron chi connectivity index (χ0n) is 13.0. The summed E-state index contributed by atoms with van der Waals surface area (Å²) in [5.74, 6) is 0.638. The number of carbonyl (C=O) groups excluding carboxylic acids is 2. The summed E-state index contributed by atoms with van der Waals surface area (Å²) < 4.78 is 5.33. The SMILES string of the molecule is C[C@@H]1CCC[C@H](C)N1C(=O)COC(=O)[C@H]1C[C@H]2C=C[C@H]1C2. The standard InChI is InChI=1S/C17H25NO3/c1-11-4-3-5-12(2)18(11)16(19)10-21-17(20)15-9-13-6-7-14(15)8-13/h6-7,11-15H,3-5,8-10H2,1-2H3/t11-,12+,13-,14-,15-/m0/s1. The maximum absolute atomic E-state index is 12.3. The van der Waals surface area contributed by atoms with E-state index in [-0.39, 0.29) is 36.5 Å². The Kier molecular flexibility index (Phi) is 4.05. The number of nitrogens with zero attached hydrogens (tertiary/aromatic N) is 1. The molecule has 3 rings (SSSR count). The van der Waals surface area contributed by atoms with Crippen LogP contribution in [0.4, 0.5) is 0 Å². The van der Waals surface area contributed by atoms with Crippen molar-refractivity contribution in [3.63, 3.8) is 0 Å². The fourth-order valence-corrected chi connectivity index (χ4v) is 4.28. The third kappa shape index (κ3) is 2.85. The number of piperidine rings is 1. The number of hydrogen-bond acceptors (Lipinski definition) is 3. The normalized spacial score (nSPS) is 37.8. The van der Waals surface area contributed by atoms with Gasteiger partial charge in [0.25, 0.3) is 5.91 Å². The van der Waals surface area contributed by atoms with Gasteiger partial charge in [-0.15, -0.1) is 0 Å². The molecule has 21 heavy (non-hydrogen) atoms. The molecule has 1 heterocycles. The highest BCUT2D eigenvalue weighted by atomic mass is 16.5. The summed E-state index contributed by atoms with van der Waals surface area (Å²) in [4.78, 5) is 26.4. The van der Waals surface area contributed by atoms with Crippen LogP contribution in [0.2, 0.25) is 0 Å². The summed E-state index contributed by atoms with van der Waals surface area (Å²) in [6, 6.07) is 0.510. The molecule has 0 radical (unpaired) electrons. The van der Waals surface area contributed by atoms with Crippen molar-refractivity contribution >= 4 is 11.9 Å². The molecule has 1 aliphatic heterocycles. The molecule has 116 valence electrons. The Morgan fingerprint density at radius 2 is 1.86 bits per heavy atom. The number of esters is 1. The number of amides is 1. The maximum atomic E-state index is 12.3. The predicted molar refractivity (Wildman–Crippen MR) is 79.4 cm³/mol. The van der Waals surface area contributed by atoms with Crippen molar-refractivity contribution in [2.45, 2.75) is 58.0 Å². The number of rotatable bonds is 3. The van der Waals surface area contributed by atoms with E-state index >= 15 is 0 Å². The van der Waals surface area contributed by atoms with Crippen LogP contribution in [0.25, 0.3) is 0 Å². The first kappa shape index (κ1) is 14.6. The Labute approximate surface area is 126 Å². The first-order valence-electron chi connectivity index (χ1n) is 8.22. The number of carbonyl (C=O) groups is 2. The lowest BCUT2D eigenvalue weighted by Gasteiger charge is -2.39. The third-order valence-corrected chi connectivity index (χ3v) is 5.40. The number of allylic oxidation sites excluding steroid dienone is 2. The number of hydrogen-bond donors (Lipinski definition) is 0. The van der Waals surface area contributed by atoms with Crippen LogP contribution < -0.4 is 0 Å². The van der Waals surface area contributed by atoms with Crippen LogP contribution in [-0.4, -0.2) is 35.5 Å². The van der Waals surface area contributed by atoms with Crippen molar-refractivity contribution in [1.29, 1.82) is 0 Å². The molecule has 3 aliphatic rings. The topological polar surface area (TPSA) is 46.6 Å².